The highest BCUT2D eigenvalue weighted by Crippen LogP contribution is 2.29. The third-order valence-electron chi connectivity index (χ3n) is 2.68. The van der Waals surface area contributed by atoms with Crippen LogP contribution < -0.4 is 10.1 Å². The number of nitrogens with zero attached hydrogens (tertiary/aromatic N) is 1. The first-order valence-electron chi connectivity index (χ1n) is 6.28. The van der Waals surface area contributed by atoms with Crippen LogP contribution in [-0.4, -0.2) is 11.5 Å². The Bertz CT molecular complexity index is 558. The number of hydrogen-bond donors (Lipinski definition) is 1. The van der Waals surface area contributed by atoms with Gasteiger partial charge in [0, 0.05) is 18.8 Å². The molecule has 2 rings (SSSR count). The van der Waals surface area contributed by atoms with Crippen LogP contribution in [0.15, 0.2) is 36.5 Å². The van der Waals surface area contributed by atoms with Crippen LogP contribution in [0.3, 0.4) is 0 Å². The molecule has 1 aromatic heterocycles. The van der Waals surface area contributed by atoms with Crippen molar-refractivity contribution in [3.05, 3.63) is 52.7 Å². The van der Waals surface area contributed by atoms with Crippen LogP contribution in [0.1, 0.15) is 18.1 Å². The van der Waals surface area contributed by atoms with Crippen LogP contribution in [0.4, 0.5) is 0 Å². The second kappa shape index (κ2) is 6.55. The van der Waals surface area contributed by atoms with Crippen molar-refractivity contribution < 1.29 is 4.74 Å². The fourth-order valence-electron chi connectivity index (χ4n) is 1.69. The van der Waals surface area contributed by atoms with E-state index in [2.05, 4.69) is 17.2 Å². The quantitative estimate of drug-likeness (QED) is 0.898. The van der Waals surface area contributed by atoms with Crippen molar-refractivity contribution >= 4 is 11.6 Å². The lowest BCUT2D eigenvalue weighted by Gasteiger charge is -2.09. The van der Waals surface area contributed by atoms with E-state index in [0.29, 0.717) is 16.7 Å². The van der Waals surface area contributed by atoms with E-state index >= 15 is 0 Å². The number of benzene rings is 1. The molecule has 0 amide bonds. The van der Waals surface area contributed by atoms with E-state index in [1.165, 1.54) is 0 Å². The fraction of sp³-hybridized carbons (Fsp3) is 0.267. The molecular weight excluding hydrogens is 260 g/mol. The van der Waals surface area contributed by atoms with Gasteiger partial charge >= 0.3 is 0 Å². The highest BCUT2D eigenvalue weighted by atomic mass is 35.5. The number of aryl methyl sites for hydroxylation is 1. The summed E-state index contributed by atoms with van der Waals surface area (Å²) in [6, 6.07) is 9.56. The topological polar surface area (TPSA) is 34.2 Å². The van der Waals surface area contributed by atoms with Gasteiger partial charge in [-0.15, -0.1) is 0 Å². The first kappa shape index (κ1) is 13.8. The van der Waals surface area contributed by atoms with Crippen molar-refractivity contribution in [1.82, 2.24) is 10.3 Å². The van der Waals surface area contributed by atoms with E-state index in [4.69, 9.17) is 16.3 Å². The summed E-state index contributed by atoms with van der Waals surface area (Å²) < 4.78 is 5.74. The number of hydrogen-bond acceptors (Lipinski definition) is 3. The van der Waals surface area contributed by atoms with Crippen molar-refractivity contribution in [1.29, 1.82) is 0 Å². The number of nitrogens with one attached hydrogen (secondary N) is 1. The molecule has 2 aromatic rings. The molecule has 19 heavy (non-hydrogen) atoms. The minimum Gasteiger partial charge on any atom is -0.437 e. The minimum atomic E-state index is 0.558. The number of halogens is 1. The number of pyridine rings is 1. The maximum atomic E-state index is 6.10. The Morgan fingerprint density at radius 3 is 2.89 bits per heavy atom. The third-order valence-corrected chi connectivity index (χ3v) is 2.99. The summed E-state index contributed by atoms with van der Waals surface area (Å²) >= 11 is 6.10. The van der Waals surface area contributed by atoms with Gasteiger partial charge in [-0.1, -0.05) is 24.6 Å². The van der Waals surface area contributed by atoms with Crippen LogP contribution in [0.2, 0.25) is 5.02 Å². The summed E-state index contributed by atoms with van der Waals surface area (Å²) in [5.41, 5.74) is 2.24. The molecule has 0 aliphatic carbocycles. The van der Waals surface area contributed by atoms with Gasteiger partial charge in [-0.05, 0) is 42.8 Å². The highest BCUT2D eigenvalue weighted by Gasteiger charge is 2.05. The molecule has 0 aliphatic heterocycles. The maximum Gasteiger partial charge on any atom is 0.219 e. The monoisotopic (exact) mass is 276 g/mol. The smallest absolute Gasteiger partial charge is 0.219 e. The van der Waals surface area contributed by atoms with Crippen LogP contribution in [0.25, 0.3) is 0 Å². The Hall–Kier alpha value is -1.58. The van der Waals surface area contributed by atoms with E-state index in [-0.39, 0.29) is 0 Å². The first-order valence-corrected chi connectivity index (χ1v) is 6.66. The van der Waals surface area contributed by atoms with Gasteiger partial charge in [0.2, 0.25) is 5.88 Å². The molecule has 0 saturated carbocycles. The molecule has 0 spiro atoms. The zero-order chi connectivity index (χ0) is 13.7. The minimum absolute atomic E-state index is 0.558. The van der Waals surface area contributed by atoms with Crippen molar-refractivity contribution in [3.63, 3.8) is 0 Å². The van der Waals surface area contributed by atoms with Crippen LogP contribution >= 0.6 is 11.6 Å². The molecule has 1 N–H and O–H groups in total. The van der Waals surface area contributed by atoms with Gasteiger partial charge in [-0.3, -0.25) is 0 Å². The average molecular weight is 277 g/mol. The second-order valence-electron chi connectivity index (χ2n) is 4.32. The molecule has 0 bridgehead atoms. The number of rotatable bonds is 5. The molecule has 0 unspecified atom stereocenters. The first-order chi connectivity index (χ1) is 9.19. The van der Waals surface area contributed by atoms with Crippen molar-refractivity contribution in [2.24, 2.45) is 0 Å². The van der Waals surface area contributed by atoms with Gasteiger partial charge in [0.1, 0.15) is 5.75 Å². The van der Waals surface area contributed by atoms with Gasteiger partial charge in [0.15, 0.2) is 0 Å². The summed E-state index contributed by atoms with van der Waals surface area (Å²) in [6.07, 6.45) is 1.74. The molecule has 0 aliphatic rings. The van der Waals surface area contributed by atoms with Crippen LogP contribution in [0.5, 0.6) is 11.6 Å². The Morgan fingerprint density at radius 2 is 2.11 bits per heavy atom. The van der Waals surface area contributed by atoms with Gasteiger partial charge in [-0.2, -0.15) is 0 Å². The molecule has 0 atom stereocenters. The summed E-state index contributed by atoms with van der Waals surface area (Å²) in [4.78, 5) is 4.20. The zero-order valence-corrected chi connectivity index (χ0v) is 11.9. The Labute approximate surface area is 118 Å². The summed E-state index contributed by atoms with van der Waals surface area (Å²) in [7, 11) is 0. The summed E-state index contributed by atoms with van der Waals surface area (Å²) in [5.74, 6) is 1.19. The predicted octanol–water partition coefficient (Wildman–Crippen LogP) is 3.95. The normalized spacial score (nSPS) is 10.5. The van der Waals surface area contributed by atoms with E-state index in [1.807, 2.05) is 37.3 Å². The fourth-order valence-corrected chi connectivity index (χ4v) is 1.84. The SMILES string of the molecule is CCNCc1ccnc(Oc2cc(C)ccc2Cl)c1. The predicted molar refractivity (Wildman–Crippen MR) is 77.9 cm³/mol. The van der Waals surface area contributed by atoms with E-state index < -0.39 is 0 Å². The lowest BCUT2D eigenvalue weighted by atomic mass is 10.2. The molecule has 1 aromatic carbocycles. The average Bonchev–Trinajstić information content (AvgIpc) is 2.41. The summed E-state index contributed by atoms with van der Waals surface area (Å²) in [5, 5.41) is 3.85. The largest absolute Gasteiger partial charge is 0.437 e. The highest BCUT2D eigenvalue weighted by molar-refractivity contribution is 6.32. The van der Waals surface area contributed by atoms with E-state index in [1.54, 1.807) is 6.20 Å². The molecule has 3 nitrogen and oxygen atoms in total. The van der Waals surface area contributed by atoms with Gasteiger partial charge in [0.05, 0.1) is 5.02 Å². The number of ether oxygens (including phenoxy) is 1. The van der Waals surface area contributed by atoms with E-state index in [0.717, 1.165) is 24.2 Å². The van der Waals surface area contributed by atoms with Crippen molar-refractivity contribution in [3.8, 4) is 11.6 Å². The zero-order valence-electron chi connectivity index (χ0n) is 11.1. The Kier molecular flexibility index (Phi) is 4.77. The molecule has 0 saturated heterocycles. The molecular formula is C15H17ClN2O. The van der Waals surface area contributed by atoms with Gasteiger partial charge in [0.25, 0.3) is 0 Å². The summed E-state index contributed by atoms with van der Waals surface area (Å²) in [6.45, 7) is 5.81. The Morgan fingerprint density at radius 1 is 1.26 bits per heavy atom. The molecule has 0 radical (unpaired) electrons. The van der Waals surface area contributed by atoms with Crippen molar-refractivity contribution in [2.75, 3.05) is 6.54 Å². The second-order valence-corrected chi connectivity index (χ2v) is 4.73. The maximum absolute atomic E-state index is 6.10. The molecule has 4 heteroatoms. The van der Waals surface area contributed by atoms with Gasteiger partial charge < -0.3 is 10.1 Å². The molecule has 100 valence electrons. The third kappa shape index (κ3) is 3.94. The van der Waals surface area contributed by atoms with Crippen molar-refractivity contribution in [2.45, 2.75) is 20.4 Å². The number of aromatic nitrogens is 1. The lowest BCUT2D eigenvalue weighted by molar-refractivity contribution is 0.461. The molecule has 1 heterocycles. The standard InChI is InChI=1S/C15H17ClN2O/c1-3-17-10-12-6-7-18-15(9-12)19-14-8-11(2)4-5-13(14)16/h4-9,17H,3,10H2,1-2H3. The molecule has 0 fully saturated rings. The van der Waals surface area contributed by atoms with Crippen LogP contribution in [0, 0.1) is 6.92 Å². The van der Waals surface area contributed by atoms with E-state index in [9.17, 15) is 0 Å². The lowest BCUT2D eigenvalue weighted by Crippen LogP contribution is -2.11. The van der Waals surface area contributed by atoms with Gasteiger partial charge in [-0.25, -0.2) is 4.98 Å². The van der Waals surface area contributed by atoms with Crippen LogP contribution in [-0.2, 0) is 6.54 Å². The Balaban J connectivity index is 2.16.